The van der Waals surface area contributed by atoms with Gasteiger partial charge in [-0.05, 0) is 25.1 Å². The Morgan fingerprint density at radius 1 is 1.06 bits per heavy atom. The highest BCUT2D eigenvalue weighted by Gasteiger charge is 2.04. The summed E-state index contributed by atoms with van der Waals surface area (Å²) in [5.74, 6) is 1.72. The summed E-state index contributed by atoms with van der Waals surface area (Å²) in [5, 5.41) is 14.3. The molecule has 0 bridgehead atoms. The summed E-state index contributed by atoms with van der Waals surface area (Å²) in [5.41, 5.74) is 8.69. The van der Waals surface area contributed by atoms with Crippen molar-refractivity contribution in [2.75, 3.05) is 86.9 Å². The van der Waals surface area contributed by atoms with E-state index in [1.165, 1.54) is 23.5 Å². The Balaban J connectivity index is 0.000000695. The van der Waals surface area contributed by atoms with Crippen LogP contribution in [-0.4, -0.2) is 87.2 Å². The molecule has 1 amide bonds. The van der Waals surface area contributed by atoms with Gasteiger partial charge in [0.15, 0.2) is 5.62 Å². The number of nitrogens with two attached hydrogens (primary N) is 1. The fourth-order valence-corrected chi connectivity index (χ4v) is 2.98. The summed E-state index contributed by atoms with van der Waals surface area (Å²) in [7, 11) is 1.79. The zero-order valence-corrected chi connectivity index (χ0v) is 19.9. The molecule has 0 spiro atoms. The molecule has 0 aromatic heterocycles. The lowest BCUT2D eigenvalue weighted by Gasteiger charge is -2.09. The van der Waals surface area contributed by atoms with Crippen LogP contribution in [0.15, 0.2) is 18.2 Å². The van der Waals surface area contributed by atoms with Crippen molar-refractivity contribution in [3.63, 3.8) is 0 Å². The van der Waals surface area contributed by atoms with Crippen molar-refractivity contribution >= 4 is 52.1 Å². The Morgan fingerprint density at radius 3 is 2.42 bits per heavy atom. The highest BCUT2D eigenvalue weighted by molar-refractivity contribution is 8.11. The van der Waals surface area contributed by atoms with Gasteiger partial charge in [0.25, 0.3) is 0 Å². The number of thioether (sulfide) groups is 2. The Morgan fingerprint density at radius 2 is 1.74 bits per heavy atom. The van der Waals surface area contributed by atoms with Crippen LogP contribution < -0.4 is 16.4 Å². The van der Waals surface area contributed by atoms with Crippen LogP contribution in [0, 0.1) is 0 Å². The highest BCUT2D eigenvalue weighted by Crippen LogP contribution is 2.20. The summed E-state index contributed by atoms with van der Waals surface area (Å²) < 4.78 is 15.3. The molecule has 1 aromatic rings. The Labute approximate surface area is 193 Å². The molecule has 9 nitrogen and oxygen atoms in total. The van der Waals surface area contributed by atoms with E-state index in [-0.39, 0.29) is 12.5 Å². The predicted octanol–water partition coefficient (Wildman–Crippen LogP) is 1.95. The number of ether oxygens (including phenoxy) is 3. The maximum absolute atomic E-state index is 11.7. The molecule has 5 N–H and O–H groups in total. The zero-order valence-electron chi connectivity index (χ0n) is 18.3. The first kappa shape index (κ1) is 29.5. The molecule has 0 saturated carbocycles. The standard InChI is InChI=1S/C13H21N3O3S.C7H14O3S/c1-15-11-6-10(14)7-12(8-11)16-13(18)9-20-5-4-19-3-2-17;1-2-9-3-4-10-5-6-11-7-8/h6-8,15,17H,2-5,9,14H2,1H3,(H,16,18);7H,2-6H2,1H3. The van der Waals surface area contributed by atoms with Gasteiger partial charge in [0, 0.05) is 42.2 Å². The number of amides is 1. The number of carbonyl (C=O) groups excluding carboxylic acids is 2. The molecule has 11 heteroatoms. The van der Waals surface area contributed by atoms with Crippen LogP contribution in [0.2, 0.25) is 0 Å². The summed E-state index contributed by atoms with van der Waals surface area (Å²) in [6, 6.07) is 5.33. The van der Waals surface area contributed by atoms with E-state index in [9.17, 15) is 9.59 Å². The van der Waals surface area contributed by atoms with E-state index < -0.39 is 0 Å². The van der Waals surface area contributed by atoms with E-state index in [1.54, 1.807) is 19.2 Å². The molecule has 0 aliphatic carbocycles. The van der Waals surface area contributed by atoms with Crippen molar-refractivity contribution in [3.8, 4) is 0 Å². The second-order valence-corrected chi connectivity index (χ2v) is 7.85. The van der Waals surface area contributed by atoms with Crippen molar-refractivity contribution in [2.45, 2.75) is 6.92 Å². The Bertz CT molecular complexity index is 596. The molecular formula is C20H35N3O6S2. The fraction of sp³-hybridized carbons (Fsp3) is 0.600. The van der Waals surface area contributed by atoms with Crippen LogP contribution in [0.1, 0.15) is 6.92 Å². The second kappa shape index (κ2) is 21.7. The predicted molar refractivity (Wildman–Crippen MR) is 131 cm³/mol. The molecule has 0 aliphatic heterocycles. The van der Waals surface area contributed by atoms with Gasteiger partial charge in [-0.15, -0.1) is 11.8 Å². The molecule has 1 aromatic carbocycles. The van der Waals surface area contributed by atoms with E-state index in [0.29, 0.717) is 55.9 Å². The van der Waals surface area contributed by atoms with Crippen molar-refractivity contribution in [2.24, 2.45) is 0 Å². The second-order valence-electron chi connectivity index (χ2n) is 5.81. The summed E-state index contributed by atoms with van der Waals surface area (Å²) in [6.45, 7) is 5.44. The van der Waals surface area contributed by atoms with Gasteiger partial charge in [-0.2, -0.15) is 0 Å². The third kappa shape index (κ3) is 18.9. The van der Waals surface area contributed by atoms with Crippen molar-refractivity contribution in [1.82, 2.24) is 0 Å². The molecule has 0 atom stereocenters. The van der Waals surface area contributed by atoms with Crippen molar-refractivity contribution < 1.29 is 28.9 Å². The number of rotatable bonds is 17. The van der Waals surface area contributed by atoms with E-state index in [2.05, 4.69) is 10.6 Å². The SMILES string of the molecule is CCOCCOCCSC=O.CNc1cc(N)cc(NC(=O)CSCCOCCO)c1. The van der Waals surface area contributed by atoms with E-state index in [1.807, 2.05) is 13.0 Å². The molecule has 0 unspecified atom stereocenters. The van der Waals surface area contributed by atoms with E-state index in [4.69, 9.17) is 25.1 Å². The number of hydrogen-bond acceptors (Lipinski definition) is 10. The first-order valence-corrected chi connectivity index (χ1v) is 12.1. The van der Waals surface area contributed by atoms with Crippen LogP contribution in [0.4, 0.5) is 17.1 Å². The normalized spacial score (nSPS) is 10.2. The largest absolute Gasteiger partial charge is 0.399 e. The van der Waals surface area contributed by atoms with Crippen LogP contribution in [-0.2, 0) is 23.8 Å². The van der Waals surface area contributed by atoms with Gasteiger partial charge in [-0.1, -0.05) is 11.8 Å². The van der Waals surface area contributed by atoms with Gasteiger partial charge >= 0.3 is 0 Å². The lowest BCUT2D eigenvalue weighted by atomic mass is 10.2. The lowest BCUT2D eigenvalue weighted by Crippen LogP contribution is -2.15. The molecule has 0 heterocycles. The maximum Gasteiger partial charge on any atom is 0.234 e. The number of aliphatic hydroxyl groups excluding tert-OH is 1. The van der Waals surface area contributed by atoms with Gasteiger partial charge in [0.05, 0.1) is 45.4 Å². The summed E-state index contributed by atoms with van der Waals surface area (Å²) >= 11 is 2.71. The minimum atomic E-state index is -0.0789. The molecular weight excluding hydrogens is 442 g/mol. The zero-order chi connectivity index (χ0) is 23.2. The Hall–Kier alpha value is -1.50. The third-order valence-corrected chi connectivity index (χ3v) is 4.82. The summed E-state index contributed by atoms with van der Waals surface area (Å²) in [6.07, 6.45) is 0. The monoisotopic (exact) mass is 477 g/mol. The molecule has 1 rings (SSSR count). The minimum absolute atomic E-state index is 0.0222. The number of nitrogen functional groups attached to an aromatic ring is 1. The highest BCUT2D eigenvalue weighted by atomic mass is 32.2. The molecule has 0 saturated heterocycles. The summed E-state index contributed by atoms with van der Waals surface area (Å²) in [4.78, 5) is 21.6. The molecule has 0 fully saturated rings. The number of aliphatic hydroxyl groups is 1. The van der Waals surface area contributed by atoms with Crippen LogP contribution >= 0.6 is 23.5 Å². The fourth-order valence-electron chi connectivity index (χ4n) is 2.03. The average Bonchev–Trinajstić information content (AvgIpc) is 2.75. The third-order valence-electron chi connectivity index (χ3n) is 3.36. The van der Waals surface area contributed by atoms with Gasteiger partial charge in [0.2, 0.25) is 5.91 Å². The maximum atomic E-state index is 11.7. The van der Waals surface area contributed by atoms with Crippen LogP contribution in [0.25, 0.3) is 0 Å². The number of anilines is 3. The van der Waals surface area contributed by atoms with Gasteiger partial charge in [-0.3, -0.25) is 9.59 Å². The number of nitrogens with one attached hydrogen (secondary N) is 2. The minimum Gasteiger partial charge on any atom is -0.399 e. The van der Waals surface area contributed by atoms with Gasteiger partial charge in [-0.25, -0.2) is 0 Å². The number of hydrogen-bond donors (Lipinski definition) is 4. The van der Waals surface area contributed by atoms with Crippen molar-refractivity contribution in [1.29, 1.82) is 0 Å². The molecule has 31 heavy (non-hydrogen) atoms. The van der Waals surface area contributed by atoms with E-state index >= 15 is 0 Å². The smallest absolute Gasteiger partial charge is 0.234 e. The molecule has 178 valence electrons. The quantitative estimate of drug-likeness (QED) is 0.150. The first-order chi connectivity index (χ1) is 15.1. The number of carbonyl (C=O) groups is 2. The average molecular weight is 478 g/mol. The topological polar surface area (TPSA) is 132 Å². The Kier molecular flexibility index (Phi) is 20.7. The molecule has 0 aliphatic rings. The van der Waals surface area contributed by atoms with Crippen LogP contribution in [0.3, 0.4) is 0 Å². The van der Waals surface area contributed by atoms with E-state index in [0.717, 1.165) is 23.7 Å². The molecule has 0 radical (unpaired) electrons. The first-order valence-electron chi connectivity index (χ1n) is 9.92. The lowest BCUT2D eigenvalue weighted by molar-refractivity contribution is -0.113. The van der Waals surface area contributed by atoms with Gasteiger partial charge in [0.1, 0.15) is 0 Å². The van der Waals surface area contributed by atoms with Gasteiger partial charge < -0.3 is 35.7 Å². The number of benzene rings is 1. The van der Waals surface area contributed by atoms with Crippen LogP contribution in [0.5, 0.6) is 0 Å². The van der Waals surface area contributed by atoms with Crippen molar-refractivity contribution in [3.05, 3.63) is 18.2 Å².